The zero-order valence-corrected chi connectivity index (χ0v) is 17.5. The fourth-order valence-corrected chi connectivity index (χ4v) is 4.48. The number of nitro benzene ring substituents is 1. The smallest absolute Gasteiger partial charge is 0.269 e. The highest BCUT2D eigenvalue weighted by Gasteiger charge is 2.57. The molecular weight excluding hydrogens is 440 g/mol. The molecule has 1 saturated heterocycles. The maximum Gasteiger partial charge on any atom is 0.269 e. The van der Waals surface area contributed by atoms with Crippen LogP contribution in [0.3, 0.4) is 0 Å². The van der Waals surface area contributed by atoms with Crippen molar-refractivity contribution < 1.29 is 24.0 Å². The topological polar surface area (TPSA) is 115 Å². The van der Waals surface area contributed by atoms with Crippen LogP contribution in [0.2, 0.25) is 0 Å². The number of amides is 2. The average Bonchev–Trinajstić information content (AvgIpc) is 3.55. The Bertz CT molecular complexity index is 1370. The number of hydrazone groups is 1. The van der Waals surface area contributed by atoms with E-state index in [0.717, 1.165) is 4.90 Å². The molecular formula is C24H16N4O6. The van der Waals surface area contributed by atoms with Gasteiger partial charge in [0.1, 0.15) is 12.0 Å². The van der Waals surface area contributed by atoms with Crippen molar-refractivity contribution in [3.8, 4) is 11.5 Å². The second-order valence-corrected chi connectivity index (χ2v) is 7.94. The molecule has 168 valence electrons. The quantitative estimate of drug-likeness (QED) is 0.337. The highest BCUT2D eigenvalue weighted by atomic mass is 16.7. The first kappa shape index (κ1) is 19.9. The number of carbonyl (C=O) groups is 2. The van der Waals surface area contributed by atoms with Crippen LogP contribution in [-0.2, 0) is 9.59 Å². The summed E-state index contributed by atoms with van der Waals surface area (Å²) in [4.78, 5) is 39.0. The summed E-state index contributed by atoms with van der Waals surface area (Å²) in [6.45, 7) is 0.0741. The van der Waals surface area contributed by atoms with Crippen LogP contribution in [0.4, 0.5) is 17.1 Å². The van der Waals surface area contributed by atoms with E-state index in [4.69, 9.17) is 9.47 Å². The number of nitrogens with zero attached hydrogens (tertiary/aromatic N) is 4. The maximum absolute atomic E-state index is 13.7. The van der Waals surface area contributed by atoms with Crippen molar-refractivity contribution in [1.82, 2.24) is 0 Å². The van der Waals surface area contributed by atoms with Crippen molar-refractivity contribution in [2.75, 3.05) is 16.7 Å². The molecule has 3 heterocycles. The van der Waals surface area contributed by atoms with Gasteiger partial charge in [-0.1, -0.05) is 18.2 Å². The van der Waals surface area contributed by atoms with Gasteiger partial charge in [0.2, 0.25) is 12.7 Å². The molecule has 0 radical (unpaired) electrons. The molecule has 34 heavy (non-hydrogen) atoms. The normalized spacial score (nSPS) is 20.5. The van der Waals surface area contributed by atoms with Gasteiger partial charge in [0.15, 0.2) is 11.5 Å². The van der Waals surface area contributed by atoms with Gasteiger partial charge < -0.3 is 9.47 Å². The van der Waals surface area contributed by atoms with E-state index in [-0.39, 0.29) is 12.5 Å². The summed E-state index contributed by atoms with van der Waals surface area (Å²) in [6, 6.07) is 18.9. The Morgan fingerprint density at radius 2 is 1.62 bits per heavy atom. The van der Waals surface area contributed by atoms with E-state index in [1.807, 2.05) is 18.2 Å². The average molecular weight is 456 g/mol. The van der Waals surface area contributed by atoms with Gasteiger partial charge in [-0.2, -0.15) is 5.10 Å². The van der Waals surface area contributed by atoms with Crippen molar-refractivity contribution in [3.63, 3.8) is 0 Å². The minimum Gasteiger partial charge on any atom is -0.454 e. The lowest BCUT2D eigenvalue weighted by Gasteiger charge is -2.22. The summed E-state index contributed by atoms with van der Waals surface area (Å²) >= 11 is 0. The van der Waals surface area contributed by atoms with E-state index >= 15 is 0 Å². The third-order valence-corrected chi connectivity index (χ3v) is 6.06. The first-order chi connectivity index (χ1) is 16.5. The van der Waals surface area contributed by atoms with Crippen molar-refractivity contribution in [3.05, 3.63) is 88.5 Å². The highest BCUT2D eigenvalue weighted by molar-refractivity contribution is 6.34. The van der Waals surface area contributed by atoms with Crippen LogP contribution < -0.4 is 19.4 Å². The summed E-state index contributed by atoms with van der Waals surface area (Å²) in [5, 5.41) is 17.3. The molecule has 0 unspecified atom stereocenters. The summed E-state index contributed by atoms with van der Waals surface area (Å²) < 4.78 is 10.7. The second kappa shape index (κ2) is 7.41. The van der Waals surface area contributed by atoms with E-state index < -0.39 is 28.7 Å². The summed E-state index contributed by atoms with van der Waals surface area (Å²) in [7, 11) is 0. The maximum atomic E-state index is 13.7. The Morgan fingerprint density at radius 1 is 0.882 bits per heavy atom. The van der Waals surface area contributed by atoms with Crippen molar-refractivity contribution >= 4 is 34.6 Å². The molecule has 0 spiro atoms. The monoisotopic (exact) mass is 456 g/mol. The van der Waals surface area contributed by atoms with Gasteiger partial charge in [-0.05, 0) is 42.0 Å². The number of anilines is 2. The number of non-ortho nitro benzene ring substituents is 1. The van der Waals surface area contributed by atoms with Crippen LogP contribution in [0.15, 0.2) is 77.9 Å². The molecule has 1 fully saturated rings. The molecule has 10 heteroatoms. The van der Waals surface area contributed by atoms with Crippen LogP contribution in [0.1, 0.15) is 5.56 Å². The van der Waals surface area contributed by atoms with Gasteiger partial charge in [-0.25, -0.2) is 4.90 Å². The lowest BCUT2D eigenvalue weighted by atomic mass is 9.92. The molecule has 10 nitrogen and oxygen atoms in total. The number of hydrogen-bond acceptors (Lipinski definition) is 8. The van der Waals surface area contributed by atoms with Crippen molar-refractivity contribution in [2.24, 2.45) is 11.0 Å². The number of imide groups is 1. The number of nitro groups is 1. The van der Waals surface area contributed by atoms with E-state index in [2.05, 4.69) is 5.10 Å². The van der Waals surface area contributed by atoms with Crippen molar-refractivity contribution in [2.45, 2.75) is 6.04 Å². The Labute approximate surface area is 192 Å². The minimum atomic E-state index is -0.884. The Balaban J connectivity index is 1.44. The fraction of sp³-hybridized carbons (Fsp3) is 0.125. The Hall–Kier alpha value is -4.73. The highest BCUT2D eigenvalue weighted by Crippen LogP contribution is 2.42. The number of hydrogen-bond donors (Lipinski definition) is 0. The van der Waals surface area contributed by atoms with Gasteiger partial charge in [-0.15, -0.1) is 0 Å². The molecule has 3 aromatic rings. The molecule has 0 N–H and O–H groups in total. The van der Waals surface area contributed by atoms with E-state index in [1.54, 1.807) is 47.5 Å². The van der Waals surface area contributed by atoms with Crippen LogP contribution in [0, 0.1) is 16.0 Å². The van der Waals surface area contributed by atoms with E-state index in [9.17, 15) is 19.7 Å². The van der Waals surface area contributed by atoms with Crippen LogP contribution in [-0.4, -0.2) is 35.3 Å². The first-order valence-corrected chi connectivity index (χ1v) is 10.5. The summed E-state index contributed by atoms with van der Waals surface area (Å²) in [6.07, 6.45) is 0. The summed E-state index contributed by atoms with van der Waals surface area (Å²) in [5.41, 5.74) is 1.88. The molecule has 0 saturated carbocycles. The van der Waals surface area contributed by atoms with Crippen molar-refractivity contribution in [1.29, 1.82) is 0 Å². The third kappa shape index (κ3) is 2.92. The predicted octanol–water partition coefficient (Wildman–Crippen LogP) is 3.11. The van der Waals surface area contributed by atoms with E-state index in [0.29, 0.717) is 34.1 Å². The lowest BCUT2D eigenvalue weighted by molar-refractivity contribution is -0.384. The van der Waals surface area contributed by atoms with Crippen LogP contribution in [0.5, 0.6) is 11.5 Å². The number of fused-ring (bicyclic) bond motifs is 2. The molecule has 3 aliphatic rings. The molecule has 3 aromatic carbocycles. The first-order valence-electron chi connectivity index (χ1n) is 10.5. The zero-order chi connectivity index (χ0) is 23.4. The van der Waals surface area contributed by atoms with Gasteiger partial charge >= 0.3 is 0 Å². The molecule has 2 amide bonds. The third-order valence-electron chi connectivity index (χ3n) is 6.06. The SMILES string of the molecule is O=C1[C@@H]2C(c3ccc([N+](=O)[O-])cc3)=NN(c3ccccc3)[C@H]2C(=O)N1c1ccc2c(c1)OCO2. The number of ether oxygens (including phenoxy) is 2. The van der Waals surface area contributed by atoms with E-state index in [1.165, 1.54) is 12.1 Å². The standard InChI is InChI=1S/C24H16N4O6/c29-23-20-21(14-6-8-16(9-7-14)28(31)32)25-27(15-4-2-1-3-5-15)22(20)24(30)26(23)17-10-11-18-19(12-17)34-13-33-18/h1-12,20,22H,13H2/t20-,22-/m1/s1. The number of carbonyl (C=O) groups excluding carboxylic acids is 2. The largest absolute Gasteiger partial charge is 0.454 e. The summed E-state index contributed by atoms with van der Waals surface area (Å²) in [5.74, 6) is -0.719. The molecule has 6 rings (SSSR count). The zero-order valence-electron chi connectivity index (χ0n) is 17.5. The molecule has 0 aromatic heterocycles. The minimum absolute atomic E-state index is 0.0741. The van der Waals surface area contributed by atoms with Gasteiger partial charge in [0, 0.05) is 18.2 Å². The van der Waals surface area contributed by atoms with Gasteiger partial charge in [0.25, 0.3) is 11.6 Å². The van der Waals surface area contributed by atoms with Gasteiger partial charge in [0.05, 0.1) is 22.0 Å². The number of benzene rings is 3. The number of rotatable bonds is 4. The second-order valence-electron chi connectivity index (χ2n) is 7.94. The predicted molar refractivity (Wildman–Crippen MR) is 121 cm³/mol. The lowest BCUT2D eigenvalue weighted by Crippen LogP contribution is -2.39. The number of para-hydroxylation sites is 1. The molecule has 0 aliphatic carbocycles. The Morgan fingerprint density at radius 3 is 2.35 bits per heavy atom. The van der Waals surface area contributed by atoms with Crippen LogP contribution >= 0.6 is 0 Å². The Kier molecular flexibility index (Phi) is 4.34. The molecule has 3 aliphatic heterocycles. The van der Waals surface area contributed by atoms with Crippen LogP contribution in [0.25, 0.3) is 0 Å². The molecule has 0 bridgehead atoms. The van der Waals surface area contributed by atoms with Gasteiger partial charge in [-0.3, -0.25) is 24.7 Å². The molecule has 2 atom stereocenters. The fourth-order valence-electron chi connectivity index (χ4n) is 4.48.